The standard InChI is InChI=1S/C20H22N2O3/c23-19(16-7-3-1-4-8-16)15-18(20(24)25)22-13-11-21(12-14-22)17-9-5-2-6-10-17/h1-10,18H,11-15H2,(H,24,25)/t18-/m1/s1. The lowest BCUT2D eigenvalue weighted by atomic mass is 10.0. The Morgan fingerprint density at radius 1 is 0.880 bits per heavy atom. The van der Waals surface area contributed by atoms with Gasteiger partial charge in [0.15, 0.2) is 5.78 Å². The fourth-order valence-electron chi connectivity index (χ4n) is 3.22. The van der Waals surface area contributed by atoms with E-state index in [2.05, 4.69) is 17.0 Å². The molecule has 1 fully saturated rings. The highest BCUT2D eigenvalue weighted by atomic mass is 16.4. The number of para-hydroxylation sites is 1. The molecule has 2 aromatic carbocycles. The van der Waals surface area contributed by atoms with E-state index in [1.807, 2.05) is 29.2 Å². The van der Waals surface area contributed by atoms with Gasteiger partial charge in [-0.1, -0.05) is 48.5 Å². The fourth-order valence-corrected chi connectivity index (χ4v) is 3.22. The van der Waals surface area contributed by atoms with Crippen LogP contribution in [-0.2, 0) is 4.79 Å². The number of carbonyl (C=O) groups excluding carboxylic acids is 1. The number of nitrogens with zero attached hydrogens (tertiary/aromatic N) is 2. The molecule has 0 radical (unpaired) electrons. The van der Waals surface area contributed by atoms with Gasteiger partial charge >= 0.3 is 5.97 Å². The first kappa shape index (κ1) is 17.2. The van der Waals surface area contributed by atoms with E-state index in [1.165, 1.54) is 0 Å². The first-order chi connectivity index (χ1) is 12.1. The molecule has 0 amide bonds. The number of aliphatic carboxylic acids is 1. The van der Waals surface area contributed by atoms with Crippen LogP contribution in [0.5, 0.6) is 0 Å². The number of hydrogen-bond acceptors (Lipinski definition) is 4. The predicted molar refractivity (Wildman–Crippen MR) is 97.0 cm³/mol. The van der Waals surface area contributed by atoms with E-state index in [-0.39, 0.29) is 12.2 Å². The lowest BCUT2D eigenvalue weighted by Crippen LogP contribution is -2.53. The zero-order chi connectivity index (χ0) is 17.6. The van der Waals surface area contributed by atoms with Crippen molar-refractivity contribution < 1.29 is 14.7 Å². The molecule has 0 aliphatic carbocycles. The molecule has 130 valence electrons. The number of hydrogen-bond donors (Lipinski definition) is 1. The Morgan fingerprint density at radius 3 is 2.00 bits per heavy atom. The minimum absolute atomic E-state index is 0.00465. The van der Waals surface area contributed by atoms with E-state index in [0.717, 1.165) is 18.8 Å². The summed E-state index contributed by atoms with van der Waals surface area (Å²) in [6.45, 7) is 2.78. The Labute approximate surface area is 147 Å². The van der Waals surface area contributed by atoms with Crippen LogP contribution in [0.15, 0.2) is 60.7 Å². The van der Waals surface area contributed by atoms with Crippen LogP contribution in [0.4, 0.5) is 5.69 Å². The number of carboxylic acid groups (broad SMARTS) is 1. The molecule has 1 saturated heterocycles. The molecule has 1 atom stereocenters. The second-order valence-corrected chi connectivity index (χ2v) is 6.21. The highest BCUT2D eigenvalue weighted by Gasteiger charge is 2.31. The topological polar surface area (TPSA) is 60.9 Å². The number of ketones is 1. The molecule has 1 aliphatic heterocycles. The Bertz CT molecular complexity index is 710. The van der Waals surface area contributed by atoms with Gasteiger partial charge in [0.1, 0.15) is 6.04 Å². The maximum Gasteiger partial charge on any atom is 0.321 e. The minimum atomic E-state index is -0.933. The molecular weight excluding hydrogens is 316 g/mol. The smallest absolute Gasteiger partial charge is 0.321 e. The molecule has 0 saturated carbocycles. The third-order valence-corrected chi connectivity index (χ3v) is 4.64. The van der Waals surface area contributed by atoms with E-state index < -0.39 is 12.0 Å². The molecule has 0 bridgehead atoms. The molecule has 1 aliphatic rings. The largest absolute Gasteiger partial charge is 0.480 e. The third-order valence-electron chi connectivity index (χ3n) is 4.64. The summed E-state index contributed by atoms with van der Waals surface area (Å²) in [6.07, 6.45) is 0.00465. The highest BCUT2D eigenvalue weighted by molar-refractivity contribution is 5.98. The molecule has 2 aromatic rings. The van der Waals surface area contributed by atoms with E-state index in [9.17, 15) is 14.7 Å². The van der Waals surface area contributed by atoms with Gasteiger partial charge in [-0.15, -0.1) is 0 Å². The minimum Gasteiger partial charge on any atom is -0.480 e. The second kappa shape index (κ2) is 7.94. The summed E-state index contributed by atoms with van der Waals surface area (Å²) in [6, 6.07) is 18.2. The van der Waals surface area contributed by atoms with Gasteiger partial charge < -0.3 is 10.0 Å². The Kier molecular flexibility index (Phi) is 5.46. The van der Waals surface area contributed by atoms with E-state index in [4.69, 9.17) is 0 Å². The van der Waals surface area contributed by atoms with Crippen molar-refractivity contribution >= 4 is 17.4 Å². The fraction of sp³-hybridized carbons (Fsp3) is 0.300. The lowest BCUT2D eigenvalue weighted by Gasteiger charge is -2.38. The van der Waals surface area contributed by atoms with Gasteiger partial charge in [-0.2, -0.15) is 0 Å². The normalized spacial score (nSPS) is 16.4. The highest BCUT2D eigenvalue weighted by Crippen LogP contribution is 2.18. The van der Waals surface area contributed by atoms with Gasteiger partial charge in [-0.3, -0.25) is 14.5 Å². The zero-order valence-electron chi connectivity index (χ0n) is 14.0. The maximum absolute atomic E-state index is 12.4. The molecule has 1 heterocycles. The van der Waals surface area contributed by atoms with Crippen LogP contribution in [0.2, 0.25) is 0 Å². The van der Waals surface area contributed by atoms with Crippen molar-refractivity contribution in [2.45, 2.75) is 12.5 Å². The van der Waals surface area contributed by atoms with Gasteiger partial charge in [0.25, 0.3) is 0 Å². The average molecular weight is 338 g/mol. The van der Waals surface area contributed by atoms with Gasteiger partial charge in [0.05, 0.1) is 0 Å². The monoisotopic (exact) mass is 338 g/mol. The van der Waals surface area contributed by atoms with Crippen LogP contribution in [0.3, 0.4) is 0 Å². The molecule has 0 spiro atoms. The van der Waals surface area contributed by atoms with Crippen LogP contribution in [0, 0.1) is 0 Å². The molecule has 5 heteroatoms. The first-order valence-electron chi connectivity index (χ1n) is 8.50. The maximum atomic E-state index is 12.4. The Hall–Kier alpha value is -2.66. The van der Waals surface area contributed by atoms with Crippen LogP contribution < -0.4 is 4.90 Å². The van der Waals surface area contributed by atoms with Crippen molar-refractivity contribution in [3.8, 4) is 0 Å². The number of carboxylic acids is 1. The summed E-state index contributed by atoms with van der Waals surface area (Å²) in [4.78, 5) is 28.2. The van der Waals surface area contributed by atoms with Gasteiger partial charge in [0.2, 0.25) is 0 Å². The number of benzene rings is 2. The van der Waals surface area contributed by atoms with E-state index in [1.54, 1.807) is 24.3 Å². The van der Waals surface area contributed by atoms with Crippen LogP contribution in [-0.4, -0.2) is 54.0 Å². The van der Waals surface area contributed by atoms with Crippen LogP contribution >= 0.6 is 0 Å². The number of carbonyl (C=O) groups is 2. The number of anilines is 1. The van der Waals surface area contributed by atoms with Crippen molar-refractivity contribution in [1.29, 1.82) is 0 Å². The summed E-state index contributed by atoms with van der Waals surface area (Å²) in [5.41, 5.74) is 1.71. The summed E-state index contributed by atoms with van der Waals surface area (Å²) in [5, 5.41) is 9.60. The Morgan fingerprint density at radius 2 is 1.44 bits per heavy atom. The number of rotatable bonds is 6. The summed E-state index contributed by atoms with van der Waals surface area (Å²) >= 11 is 0. The van der Waals surface area contributed by atoms with Crippen LogP contribution in [0.1, 0.15) is 16.8 Å². The van der Waals surface area contributed by atoms with Crippen molar-refractivity contribution in [3.63, 3.8) is 0 Å². The Balaban J connectivity index is 1.62. The number of piperazine rings is 1. The molecule has 0 unspecified atom stereocenters. The van der Waals surface area contributed by atoms with Crippen LogP contribution in [0.25, 0.3) is 0 Å². The molecule has 0 aromatic heterocycles. The van der Waals surface area contributed by atoms with Gasteiger partial charge in [-0.25, -0.2) is 0 Å². The third kappa shape index (κ3) is 4.25. The predicted octanol–water partition coefficient (Wildman–Crippen LogP) is 2.53. The van der Waals surface area contributed by atoms with Crippen molar-refractivity contribution in [2.24, 2.45) is 0 Å². The number of Topliss-reactive ketones (excluding diaryl/α,β-unsaturated/α-hetero) is 1. The quantitative estimate of drug-likeness (QED) is 0.820. The van der Waals surface area contributed by atoms with E-state index in [0.29, 0.717) is 18.7 Å². The zero-order valence-corrected chi connectivity index (χ0v) is 14.0. The second-order valence-electron chi connectivity index (χ2n) is 6.21. The molecule has 1 N–H and O–H groups in total. The molecule has 3 rings (SSSR count). The molecule has 5 nitrogen and oxygen atoms in total. The SMILES string of the molecule is O=C(C[C@H](C(=O)O)N1CCN(c2ccccc2)CC1)c1ccccc1. The summed E-state index contributed by atoms with van der Waals surface area (Å²) < 4.78 is 0. The lowest BCUT2D eigenvalue weighted by molar-refractivity contribution is -0.143. The van der Waals surface area contributed by atoms with Gasteiger partial charge in [-0.05, 0) is 12.1 Å². The van der Waals surface area contributed by atoms with Crippen molar-refractivity contribution in [1.82, 2.24) is 4.90 Å². The first-order valence-corrected chi connectivity index (χ1v) is 8.50. The molecule has 25 heavy (non-hydrogen) atoms. The van der Waals surface area contributed by atoms with Crippen molar-refractivity contribution in [2.75, 3.05) is 31.1 Å². The average Bonchev–Trinajstić information content (AvgIpc) is 2.67. The summed E-state index contributed by atoms with van der Waals surface area (Å²) in [7, 11) is 0. The summed E-state index contributed by atoms with van der Waals surface area (Å²) in [5.74, 6) is -1.06. The molecular formula is C20H22N2O3. The van der Waals surface area contributed by atoms with E-state index >= 15 is 0 Å². The van der Waals surface area contributed by atoms with Gasteiger partial charge in [0, 0.05) is 43.9 Å². The van der Waals surface area contributed by atoms with Crippen molar-refractivity contribution in [3.05, 3.63) is 66.2 Å².